The van der Waals surface area contributed by atoms with Crippen molar-refractivity contribution in [3.8, 4) is 11.3 Å². The monoisotopic (exact) mass is 640 g/mol. The van der Waals surface area contributed by atoms with E-state index in [-0.39, 0.29) is 17.9 Å². The number of rotatable bonds is 8. The van der Waals surface area contributed by atoms with E-state index in [4.69, 9.17) is 18.9 Å². The van der Waals surface area contributed by atoms with Gasteiger partial charge in [-0.15, -0.1) is 5.10 Å². The molecule has 0 amide bonds. The fourth-order valence-corrected chi connectivity index (χ4v) is 5.73. The quantitative estimate of drug-likeness (QED) is 0.262. The van der Waals surface area contributed by atoms with Crippen molar-refractivity contribution in [2.24, 2.45) is 0 Å². The first-order valence-electron chi connectivity index (χ1n) is 11.8. The van der Waals surface area contributed by atoms with E-state index >= 15 is 0 Å². The highest BCUT2D eigenvalue weighted by Gasteiger charge is 2.52. The molecule has 0 saturated carbocycles. The third-order valence-electron chi connectivity index (χ3n) is 5.63. The molecule has 2 aromatic heterocycles. The van der Waals surface area contributed by atoms with Crippen molar-refractivity contribution < 1.29 is 42.1 Å². The Morgan fingerprint density at radius 3 is 2.40 bits per heavy atom. The van der Waals surface area contributed by atoms with Gasteiger partial charge in [0.2, 0.25) is 0 Å². The van der Waals surface area contributed by atoms with Gasteiger partial charge in [0, 0.05) is 48.1 Å². The summed E-state index contributed by atoms with van der Waals surface area (Å²) in [5.41, 5.74) is -0.522. The number of hydrogen-bond acceptors (Lipinski definition) is 11. The molecule has 0 radical (unpaired) electrons. The number of nitrogens with zero attached hydrogens (tertiary/aromatic N) is 4. The lowest BCUT2D eigenvalue weighted by atomic mass is 9.96. The fraction of sp³-hybridized carbons (Fsp3) is 0.360. The molecule has 5 atom stereocenters. The molecule has 1 saturated heterocycles. The van der Waals surface area contributed by atoms with E-state index < -0.39 is 59.3 Å². The molecular formula is C25H23BrF2N4O7S. The third kappa shape index (κ3) is 7.20. The second-order valence-electron chi connectivity index (χ2n) is 8.65. The molecule has 4 rings (SSSR count). The van der Waals surface area contributed by atoms with Gasteiger partial charge in [-0.25, -0.2) is 13.5 Å². The number of benzene rings is 1. The summed E-state index contributed by atoms with van der Waals surface area (Å²) >= 11 is 4.53. The maximum atomic E-state index is 13.9. The molecule has 1 aromatic carbocycles. The summed E-state index contributed by atoms with van der Waals surface area (Å²) in [6.07, 6.45) is 1.29. The van der Waals surface area contributed by atoms with Crippen LogP contribution in [0.2, 0.25) is 0 Å². The number of carbonyl (C=O) groups excluding carboxylic acids is 3. The van der Waals surface area contributed by atoms with Crippen LogP contribution in [0.5, 0.6) is 0 Å². The summed E-state index contributed by atoms with van der Waals surface area (Å²) < 4.78 is 52.1. The number of halogens is 3. The molecule has 1 fully saturated rings. The predicted molar refractivity (Wildman–Crippen MR) is 139 cm³/mol. The summed E-state index contributed by atoms with van der Waals surface area (Å²) in [4.78, 5) is 40.9. The highest BCUT2D eigenvalue weighted by molar-refractivity contribution is 9.10. The Bertz CT molecular complexity index is 1410. The van der Waals surface area contributed by atoms with Crippen LogP contribution >= 0.6 is 27.7 Å². The maximum Gasteiger partial charge on any atom is 0.303 e. The summed E-state index contributed by atoms with van der Waals surface area (Å²) in [6.45, 7) is 3.31. The first-order chi connectivity index (χ1) is 19.0. The Hall–Kier alpha value is -3.43. The van der Waals surface area contributed by atoms with Gasteiger partial charge in [0.25, 0.3) is 0 Å². The number of aromatic nitrogens is 4. The van der Waals surface area contributed by atoms with E-state index in [0.717, 1.165) is 12.1 Å². The first-order valence-corrected chi connectivity index (χ1v) is 13.5. The van der Waals surface area contributed by atoms with Gasteiger partial charge in [0.05, 0.1) is 6.20 Å². The minimum Gasteiger partial charge on any atom is -0.463 e. The second-order valence-corrected chi connectivity index (χ2v) is 10.7. The van der Waals surface area contributed by atoms with Crippen LogP contribution in [0.1, 0.15) is 26.8 Å². The third-order valence-corrected chi connectivity index (χ3v) is 7.18. The molecule has 1 aliphatic heterocycles. The normalized spacial score (nSPS) is 22.4. The van der Waals surface area contributed by atoms with Gasteiger partial charge in [-0.1, -0.05) is 17.0 Å². The van der Waals surface area contributed by atoms with E-state index in [1.807, 2.05) is 0 Å². The lowest BCUT2D eigenvalue weighted by Crippen LogP contribution is -2.57. The molecule has 0 spiro atoms. The van der Waals surface area contributed by atoms with E-state index in [1.165, 1.54) is 49.5 Å². The molecule has 11 nitrogen and oxygen atoms in total. The lowest BCUT2D eigenvalue weighted by Gasteiger charge is -2.44. The van der Waals surface area contributed by atoms with Crippen LogP contribution in [0.3, 0.4) is 0 Å². The Morgan fingerprint density at radius 2 is 1.75 bits per heavy atom. The zero-order chi connectivity index (χ0) is 29.0. The van der Waals surface area contributed by atoms with Crippen molar-refractivity contribution >= 4 is 45.6 Å². The van der Waals surface area contributed by atoms with Crippen LogP contribution in [0, 0.1) is 11.6 Å². The second kappa shape index (κ2) is 12.8. The van der Waals surface area contributed by atoms with Crippen LogP contribution in [0.15, 0.2) is 52.2 Å². The molecular weight excluding hydrogens is 618 g/mol. The Balaban J connectivity index is 1.80. The topological polar surface area (TPSA) is 132 Å². The van der Waals surface area contributed by atoms with Crippen molar-refractivity contribution in [2.75, 3.05) is 6.61 Å². The van der Waals surface area contributed by atoms with Crippen LogP contribution in [-0.4, -0.2) is 68.2 Å². The highest BCUT2D eigenvalue weighted by atomic mass is 79.9. The van der Waals surface area contributed by atoms with Crippen molar-refractivity contribution in [1.29, 1.82) is 0 Å². The first kappa shape index (κ1) is 29.6. The zero-order valence-electron chi connectivity index (χ0n) is 21.3. The highest BCUT2D eigenvalue weighted by Crippen LogP contribution is 2.41. The van der Waals surface area contributed by atoms with Gasteiger partial charge < -0.3 is 18.9 Å². The predicted octanol–water partition coefficient (Wildman–Crippen LogP) is 3.87. The number of pyridine rings is 1. The van der Waals surface area contributed by atoms with Gasteiger partial charge in [-0.05, 0) is 40.2 Å². The number of hydrogen-bond donors (Lipinski definition) is 0. The van der Waals surface area contributed by atoms with Crippen molar-refractivity contribution in [1.82, 2.24) is 20.0 Å². The average Bonchev–Trinajstić information content (AvgIpc) is 3.35. The Kier molecular flexibility index (Phi) is 9.48. The van der Waals surface area contributed by atoms with Crippen LogP contribution in [0.25, 0.3) is 11.3 Å². The van der Waals surface area contributed by atoms with Crippen molar-refractivity contribution in [3.63, 3.8) is 0 Å². The number of esters is 3. The van der Waals surface area contributed by atoms with Crippen LogP contribution in [0.4, 0.5) is 8.78 Å². The molecule has 0 N–H and O–H groups in total. The summed E-state index contributed by atoms with van der Waals surface area (Å²) in [7, 11) is 0. The average molecular weight is 641 g/mol. The molecule has 5 unspecified atom stereocenters. The Labute approximate surface area is 239 Å². The number of ether oxygens (including phenoxy) is 4. The molecule has 3 aromatic rings. The van der Waals surface area contributed by atoms with Gasteiger partial charge in [-0.3, -0.25) is 19.4 Å². The molecule has 3 heterocycles. The number of carbonyl (C=O) groups is 3. The summed E-state index contributed by atoms with van der Waals surface area (Å²) in [5.74, 6) is -4.03. The minimum atomic E-state index is -1.17. The van der Waals surface area contributed by atoms with E-state index in [9.17, 15) is 23.2 Å². The molecule has 15 heteroatoms. The van der Waals surface area contributed by atoms with Crippen LogP contribution in [-0.2, 0) is 33.3 Å². The van der Waals surface area contributed by atoms with Crippen LogP contribution < -0.4 is 0 Å². The SMILES string of the molecule is CC(=O)OCC1OC(Sc2cncc(Br)c2)C(OC(C)=O)C(n2cc(-c3ccc(F)c(F)c3)nn2)C1OC(C)=O. The molecule has 0 aliphatic carbocycles. The molecule has 1 aliphatic rings. The van der Waals surface area contributed by atoms with E-state index in [2.05, 4.69) is 31.2 Å². The summed E-state index contributed by atoms with van der Waals surface area (Å²) in [6, 6.07) is 3.98. The largest absolute Gasteiger partial charge is 0.463 e. The minimum absolute atomic E-state index is 0.172. The standard InChI is InChI=1S/C25H23BrF2N4O7S/c1-12(33)36-11-21-23(37-13(2)34)22(32-10-20(30-31-32)15-4-5-18(27)19(28)6-15)24(38-14(3)35)25(39-21)40-17-7-16(26)8-29-9-17/h4-10,21-25H,11H2,1-3H3. The Morgan fingerprint density at radius 1 is 1.02 bits per heavy atom. The van der Waals surface area contributed by atoms with Gasteiger partial charge >= 0.3 is 17.9 Å². The molecule has 212 valence electrons. The summed E-state index contributed by atoms with van der Waals surface area (Å²) in [5, 5.41) is 8.22. The molecule has 0 bridgehead atoms. The lowest BCUT2D eigenvalue weighted by molar-refractivity contribution is -0.212. The van der Waals surface area contributed by atoms with E-state index in [1.54, 1.807) is 18.5 Å². The smallest absolute Gasteiger partial charge is 0.303 e. The van der Waals surface area contributed by atoms with Crippen molar-refractivity contribution in [3.05, 3.63) is 59.0 Å². The zero-order valence-corrected chi connectivity index (χ0v) is 23.7. The van der Waals surface area contributed by atoms with Gasteiger partial charge in [0.15, 0.2) is 23.8 Å². The van der Waals surface area contributed by atoms with Gasteiger partial charge in [0.1, 0.15) is 29.9 Å². The van der Waals surface area contributed by atoms with Gasteiger partial charge in [-0.2, -0.15) is 0 Å². The maximum absolute atomic E-state index is 13.9. The van der Waals surface area contributed by atoms with Crippen molar-refractivity contribution in [2.45, 2.75) is 55.5 Å². The molecule has 40 heavy (non-hydrogen) atoms. The van der Waals surface area contributed by atoms with E-state index in [0.29, 0.717) is 9.37 Å². The fourth-order valence-electron chi connectivity index (χ4n) is 4.08. The number of thioether (sulfide) groups is 1.